The van der Waals surface area contributed by atoms with Gasteiger partial charge in [-0.05, 0) is 25.5 Å². The smallest absolute Gasteiger partial charge is 0.255 e. The predicted octanol–water partition coefficient (Wildman–Crippen LogP) is 1.31. The Bertz CT molecular complexity index is 685. The SMILES string of the molecule is COCCCN1CCC(CNC(=O)c2cc(Cl)c(N)c3c2OCC3)C(O)C1. The van der Waals surface area contributed by atoms with Gasteiger partial charge >= 0.3 is 0 Å². The first kappa shape index (κ1) is 20.2. The molecule has 1 aromatic rings. The van der Waals surface area contributed by atoms with E-state index >= 15 is 0 Å². The lowest BCUT2D eigenvalue weighted by molar-refractivity contribution is 0.0192. The molecule has 1 saturated heterocycles. The summed E-state index contributed by atoms with van der Waals surface area (Å²) >= 11 is 6.17. The Balaban J connectivity index is 1.55. The number of β-amino-alcohol motifs (C(OH)–C–C–N with tert-alkyl or cyclic N) is 1. The molecule has 8 heteroatoms. The number of methoxy groups -OCH3 is 1. The van der Waals surface area contributed by atoms with Crippen LogP contribution in [0.15, 0.2) is 6.07 Å². The van der Waals surface area contributed by atoms with Crippen molar-refractivity contribution >= 4 is 23.2 Å². The lowest BCUT2D eigenvalue weighted by Crippen LogP contribution is -2.48. The maximum Gasteiger partial charge on any atom is 0.255 e. The number of likely N-dealkylation sites (tertiary alicyclic amines) is 1. The predicted molar refractivity (Wildman–Crippen MR) is 104 cm³/mol. The van der Waals surface area contributed by atoms with Crippen LogP contribution < -0.4 is 15.8 Å². The van der Waals surface area contributed by atoms with Gasteiger partial charge in [0.05, 0.1) is 29.0 Å². The van der Waals surface area contributed by atoms with Crippen LogP contribution in [0, 0.1) is 5.92 Å². The summed E-state index contributed by atoms with van der Waals surface area (Å²) in [5.41, 5.74) is 7.68. The van der Waals surface area contributed by atoms with Crippen molar-refractivity contribution in [2.24, 2.45) is 5.92 Å². The summed E-state index contributed by atoms with van der Waals surface area (Å²) in [5.74, 6) is 0.318. The molecule has 3 rings (SSSR count). The van der Waals surface area contributed by atoms with Gasteiger partial charge in [-0.3, -0.25) is 4.79 Å². The second kappa shape index (κ2) is 9.10. The molecule has 1 aromatic carbocycles. The van der Waals surface area contributed by atoms with Crippen LogP contribution in [0.25, 0.3) is 0 Å². The second-order valence-corrected chi connectivity index (χ2v) is 7.61. The highest BCUT2D eigenvalue weighted by molar-refractivity contribution is 6.33. The lowest BCUT2D eigenvalue weighted by Gasteiger charge is -2.36. The molecule has 2 atom stereocenters. The Morgan fingerprint density at radius 3 is 3.11 bits per heavy atom. The molecule has 7 nitrogen and oxygen atoms in total. The molecule has 27 heavy (non-hydrogen) atoms. The maximum absolute atomic E-state index is 12.7. The number of benzene rings is 1. The number of rotatable bonds is 7. The highest BCUT2D eigenvalue weighted by Gasteiger charge is 2.29. The van der Waals surface area contributed by atoms with Crippen LogP contribution in [0.3, 0.4) is 0 Å². The highest BCUT2D eigenvalue weighted by atomic mass is 35.5. The second-order valence-electron chi connectivity index (χ2n) is 7.20. The van der Waals surface area contributed by atoms with E-state index in [0.29, 0.717) is 48.1 Å². The van der Waals surface area contributed by atoms with E-state index in [-0.39, 0.29) is 11.8 Å². The molecule has 0 aromatic heterocycles. The molecule has 2 aliphatic rings. The highest BCUT2D eigenvalue weighted by Crippen LogP contribution is 2.38. The summed E-state index contributed by atoms with van der Waals surface area (Å²) in [7, 11) is 1.69. The van der Waals surface area contributed by atoms with Crippen LogP contribution in [-0.4, -0.2) is 68.5 Å². The van der Waals surface area contributed by atoms with Crippen molar-refractivity contribution in [1.82, 2.24) is 10.2 Å². The molecule has 2 unspecified atom stereocenters. The van der Waals surface area contributed by atoms with E-state index in [9.17, 15) is 9.90 Å². The summed E-state index contributed by atoms with van der Waals surface area (Å²) in [6, 6.07) is 1.56. The largest absolute Gasteiger partial charge is 0.492 e. The fraction of sp³-hybridized carbons (Fsp3) is 0.632. The maximum atomic E-state index is 12.7. The minimum Gasteiger partial charge on any atom is -0.492 e. The third kappa shape index (κ3) is 4.66. The average molecular weight is 398 g/mol. The number of anilines is 1. The standard InChI is InChI=1S/C19H28ClN3O4/c1-26-7-2-5-23-6-3-12(16(24)11-23)10-22-19(25)14-9-15(20)17(21)13-4-8-27-18(13)14/h9,12,16,24H,2-8,10-11,21H2,1H3,(H,22,25). The molecule has 0 aliphatic carbocycles. The van der Waals surface area contributed by atoms with Crippen LogP contribution in [0.5, 0.6) is 5.75 Å². The normalized spacial score (nSPS) is 22.3. The monoisotopic (exact) mass is 397 g/mol. The molecule has 4 N–H and O–H groups in total. The number of carbonyl (C=O) groups excluding carboxylic acids is 1. The zero-order valence-corrected chi connectivity index (χ0v) is 16.4. The van der Waals surface area contributed by atoms with Crippen molar-refractivity contribution in [2.45, 2.75) is 25.4 Å². The Kier molecular flexibility index (Phi) is 6.81. The van der Waals surface area contributed by atoms with E-state index in [2.05, 4.69) is 10.2 Å². The Hall–Kier alpha value is -1.54. The average Bonchev–Trinajstić information content (AvgIpc) is 3.14. The third-order valence-corrected chi connectivity index (χ3v) is 5.68. The fourth-order valence-electron chi connectivity index (χ4n) is 3.77. The molecular weight excluding hydrogens is 370 g/mol. The van der Waals surface area contributed by atoms with Crippen molar-refractivity contribution in [3.8, 4) is 5.75 Å². The van der Waals surface area contributed by atoms with Gasteiger partial charge in [0.25, 0.3) is 5.91 Å². The summed E-state index contributed by atoms with van der Waals surface area (Å²) < 4.78 is 10.7. The van der Waals surface area contributed by atoms with Crippen LogP contribution in [0.2, 0.25) is 5.02 Å². The summed E-state index contributed by atoms with van der Waals surface area (Å²) in [4.78, 5) is 14.9. The van der Waals surface area contributed by atoms with Gasteiger partial charge in [-0.1, -0.05) is 11.6 Å². The summed E-state index contributed by atoms with van der Waals surface area (Å²) in [5, 5.41) is 13.7. The van der Waals surface area contributed by atoms with Crippen LogP contribution in [0.4, 0.5) is 5.69 Å². The van der Waals surface area contributed by atoms with Crippen LogP contribution in [0.1, 0.15) is 28.8 Å². The quantitative estimate of drug-likeness (QED) is 0.474. The molecule has 2 heterocycles. The third-order valence-electron chi connectivity index (χ3n) is 5.37. The number of aliphatic hydroxyl groups excluding tert-OH is 1. The number of halogens is 1. The van der Waals surface area contributed by atoms with Gasteiger partial charge in [-0.15, -0.1) is 0 Å². The first-order valence-corrected chi connectivity index (χ1v) is 9.80. The molecule has 0 spiro atoms. The number of ether oxygens (including phenoxy) is 2. The number of fused-ring (bicyclic) bond motifs is 1. The van der Waals surface area contributed by atoms with Crippen molar-refractivity contribution in [2.75, 3.05) is 52.2 Å². The number of hydrogen-bond donors (Lipinski definition) is 3. The number of nitrogens with zero attached hydrogens (tertiary/aromatic N) is 1. The number of aliphatic hydroxyl groups is 1. The Morgan fingerprint density at radius 1 is 1.56 bits per heavy atom. The van der Waals surface area contributed by atoms with Crippen molar-refractivity contribution < 1.29 is 19.4 Å². The van der Waals surface area contributed by atoms with Crippen LogP contribution >= 0.6 is 11.6 Å². The molecule has 0 radical (unpaired) electrons. The Labute approximate surface area is 164 Å². The van der Waals surface area contributed by atoms with E-state index < -0.39 is 6.10 Å². The van der Waals surface area contributed by atoms with Gasteiger partial charge in [0.1, 0.15) is 5.75 Å². The van der Waals surface area contributed by atoms with Gasteiger partial charge in [0, 0.05) is 51.3 Å². The molecule has 1 amide bonds. The number of amides is 1. The fourth-order valence-corrected chi connectivity index (χ4v) is 4.00. The zero-order valence-electron chi connectivity index (χ0n) is 15.7. The number of nitrogen functional groups attached to an aromatic ring is 1. The first-order chi connectivity index (χ1) is 13.0. The number of nitrogens with one attached hydrogen (secondary N) is 1. The lowest BCUT2D eigenvalue weighted by atomic mass is 9.93. The molecule has 0 saturated carbocycles. The van der Waals surface area contributed by atoms with Gasteiger partial charge in [-0.25, -0.2) is 0 Å². The molecule has 1 fully saturated rings. The van der Waals surface area contributed by atoms with E-state index in [1.54, 1.807) is 13.2 Å². The van der Waals surface area contributed by atoms with Gasteiger partial charge < -0.3 is 30.5 Å². The van der Waals surface area contributed by atoms with Crippen LogP contribution in [-0.2, 0) is 11.2 Å². The van der Waals surface area contributed by atoms with Gasteiger partial charge in [0.2, 0.25) is 0 Å². The Morgan fingerprint density at radius 2 is 2.37 bits per heavy atom. The van der Waals surface area contributed by atoms with Gasteiger partial charge in [-0.2, -0.15) is 0 Å². The first-order valence-electron chi connectivity index (χ1n) is 9.42. The number of nitrogens with two attached hydrogens (primary N) is 1. The summed E-state index contributed by atoms with van der Waals surface area (Å²) in [6.45, 7) is 4.09. The zero-order chi connectivity index (χ0) is 19.4. The van der Waals surface area contributed by atoms with E-state index in [4.69, 9.17) is 26.8 Å². The molecular formula is C19H28ClN3O4. The van der Waals surface area contributed by atoms with E-state index in [1.165, 1.54) is 0 Å². The summed E-state index contributed by atoms with van der Waals surface area (Å²) in [6.07, 6.45) is 1.99. The van der Waals surface area contributed by atoms with E-state index in [1.807, 2.05) is 0 Å². The topological polar surface area (TPSA) is 97.1 Å². The number of carbonyl (C=O) groups is 1. The van der Waals surface area contributed by atoms with Crippen molar-refractivity contribution in [3.63, 3.8) is 0 Å². The van der Waals surface area contributed by atoms with Crippen molar-refractivity contribution in [1.29, 1.82) is 0 Å². The van der Waals surface area contributed by atoms with Gasteiger partial charge in [0.15, 0.2) is 0 Å². The number of hydrogen-bond acceptors (Lipinski definition) is 6. The minimum absolute atomic E-state index is 0.0332. The van der Waals surface area contributed by atoms with E-state index in [0.717, 1.165) is 38.1 Å². The number of piperidine rings is 1. The minimum atomic E-state index is -0.460. The molecule has 2 aliphatic heterocycles. The van der Waals surface area contributed by atoms with Crippen molar-refractivity contribution in [3.05, 3.63) is 22.2 Å². The molecule has 150 valence electrons. The molecule has 0 bridgehead atoms.